The van der Waals surface area contributed by atoms with Gasteiger partial charge in [0.25, 0.3) is 0 Å². The van der Waals surface area contributed by atoms with Gasteiger partial charge in [-0.05, 0) is 96.3 Å². The van der Waals surface area contributed by atoms with Gasteiger partial charge in [0.15, 0.2) is 6.10 Å². The van der Waals surface area contributed by atoms with E-state index in [2.05, 4.69) is 142 Å². The Hall–Kier alpha value is -4.45. The monoisotopic (exact) mass is 883 g/mol. The van der Waals surface area contributed by atoms with Gasteiger partial charge in [0, 0.05) is 19.3 Å². The predicted molar refractivity (Wildman–Crippen MR) is 274 cm³/mol. The number of carbonyl (C=O) groups is 3. The Balaban J connectivity index is 4.59. The molecule has 0 saturated heterocycles. The number of allylic oxidation sites excluding steroid dienone is 22. The minimum Gasteiger partial charge on any atom is -0.462 e. The quantitative estimate of drug-likeness (QED) is 0.0263. The van der Waals surface area contributed by atoms with E-state index in [1.807, 2.05) is 12.2 Å². The lowest BCUT2D eigenvalue weighted by Gasteiger charge is -2.18. The third kappa shape index (κ3) is 48.6. The number of hydrogen-bond acceptors (Lipinski definition) is 6. The van der Waals surface area contributed by atoms with Crippen LogP contribution in [0.3, 0.4) is 0 Å². The van der Waals surface area contributed by atoms with Crippen LogP contribution in [0.5, 0.6) is 0 Å². The predicted octanol–water partition coefficient (Wildman–Crippen LogP) is 16.7. The molecule has 0 aromatic heterocycles. The lowest BCUT2D eigenvalue weighted by atomic mass is 10.1. The number of unbranched alkanes of at least 4 members (excludes halogenated alkanes) is 10. The summed E-state index contributed by atoms with van der Waals surface area (Å²) >= 11 is 0. The number of esters is 3. The summed E-state index contributed by atoms with van der Waals surface area (Å²) in [6, 6.07) is 0. The maximum absolute atomic E-state index is 12.8. The van der Waals surface area contributed by atoms with Crippen LogP contribution in [-0.2, 0) is 28.6 Å². The third-order valence-corrected chi connectivity index (χ3v) is 9.91. The fourth-order valence-electron chi connectivity index (χ4n) is 6.21. The molecule has 0 heterocycles. The topological polar surface area (TPSA) is 78.9 Å². The van der Waals surface area contributed by atoms with Crippen molar-refractivity contribution in [2.75, 3.05) is 13.2 Å². The van der Waals surface area contributed by atoms with Gasteiger partial charge < -0.3 is 14.2 Å². The Kier molecular flexibility index (Phi) is 47.6. The molecule has 0 aliphatic carbocycles. The van der Waals surface area contributed by atoms with E-state index in [0.717, 1.165) is 96.3 Å². The van der Waals surface area contributed by atoms with Gasteiger partial charge >= 0.3 is 17.9 Å². The highest BCUT2D eigenvalue weighted by Gasteiger charge is 2.19. The van der Waals surface area contributed by atoms with Crippen molar-refractivity contribution < 1.29 is 28.6 Å². The zero-order valence-corrected chi connectivity index (χ0v) is 40.7. The molecule has 0 fully saturated rings. The summed E-state index contributed by atoms with van der Waals surface area (Å²) in [6.45, 7) is 6.26. The smallest absolute Gasteiger partial charge is 0.306 e. The molecule has 0 aliphatic rings. The van der Waals surface area contributed by atoms with E-state index in [9.17, 15) is 14.4 Å². The lowest BCUT2D eigenvalue weighted by molar-refractivity contribution is -0.166. The minimum absolute atomic E-state index is 0.127. The Morgan fingerprint density at radius 1 is 0.328 bits per heavy atom. The normalized spacial score (nSPS) is 13.2. The van der Waals surface area contributed by atoms with E-state index in [1.165, 1.54) is 44.9 Å². The fraction of sp³-hybridized carbons (Fsp3) is 0.569. The first-order chi connectivity index (χ1) is 31.5. The van der Waals surface area contributed by atoms with Gasteiger partial charge in [-0.25, -0.2) is 0 Å². The third-order valence-electron chi connectivity index (χ3n) is 9.91. The zero-order chi connectivity index (χ0) is 46.5. The van der Waals surface area contributed by atoms with Crippen LogP contribution in [0.1, 0.15) is 194 Å². The molecule has 0 spiro atoms. The Labute approximate surface area is 392 Å². The van der Waals surface area contributed by atoms with E-state index in [-0.39, 0.29) is 38.0 Å². The maximum Gasteiger partial charge on any atom is 0.306 e. The van der Waals surface area contributed by atoms with Gasteiger partial charge in [-0.2, -0.15) is 0 Å². The van der Waals surface area contributed by atoms with Crippen molar-refractivity contribution in [1.82, 2.24) is 0 Å². The minimum atomic E-state index is -0.840. The first kappa shape index (κ1) is 59.5. The van der Waals surface area contributed by atoms with Crippen LogP contribution in [0.2, 0.25) is 0 Å². The molecule has 64 heavy (non-hydrogen) atoms. The number of hydrogen-bond donors (Lipinski definition) is 0. The Morgan fingerprint density at radius 3 is 1.03 bits per heavy atom. The zero-order valence-electron chi connectivity index (χ0n) is 40.7. The first-order valence-corrected chi connectivity index (χ1v) is 25.2. The van der Waals surface area contributed by atoms with E-state index in [4.69, 9.17) is 14.2 Å². The van der Waals surface area contributed by atoms with Crippen LogP contribution in [0, 0.1) is 0 Å². The van der Waals surface area contributed by atoms with Crippen LogP contribution in [0.4, 0.5) is 0 Å². The van der Waals surface area contributed by atoms with Gasteiger partial charge in [-0.1, -0.05) is 212 Å². The largest absolute Gasteiger partial charge is 0.462 e. The Morgan fingerprint density at radius 2 is 0.641 bits per heavy atom. The average Bonchev–Trinajstić information content (AvgIpc) is 3.29. The fourth-order valence-corrected chi connectivity index (χ4v) is 6.21. The molecule has 0 radical (unpaired) electrons. The average molecular weight is 883 g/mol. The van der Waals surface area contributed by atoms with E-state index < -0.39 is 12.1 Å². The van der Waals surface area contributed by atoms with Crippen LogP contribution in [-0.4, -0.2) is 37.2 Å². The highest BCUT2D eigenvalue weighted by atomic mass is 16.6. The molecular formula is C58H90O6. The van der Waals surface area contributed by atoms with Crippen molar-refractivity contribution in [3.63, 3.8) is 0 Å². The standard InChI is InChI=1S/C58H90O6/c1-4-7-10-13-16-19-22-24-26-28-29-31-32-34-36-39-42-45-48-51-57(60)63-54-55(53-62-56(59)50-47-44-41-38-21-18-15-12-9-6-3)64-58(61)52-49-46-43-40-37-35-33-30-27-25-23-20-17-14-11-8-5-2/h7-8,10-11,16-17,19-20,24-27,29,31,33-36,40,42-43,45,55H,4-6,9,12-15,18,21-23,28,30,32,37-39,41,44,46-54H2,1-3H3/b10-7-,11-8-,19-16-,20-17-,26-24-,27-25-,31-29-,35-33-,36-34-,43-40-,45-42-. The molecule has 0 rings (SSSR count). The van der Waals surface area contributed by atoms with E-state index in [1.54, 1.807) is 0 Å². The van der Waals surface area contributed by atoms with Crippen LogP contribution in [0.25, 0.3) is 0 Å². The summed E-state index contributed by atoms with van der Waals surface area (Å²) in [4.78, 5) is 37.9. The van der Waals surface area contributed by atoms with Crippen molar-refractivity contribution in [1.29, 1.82) is 0 Å². The van der Waals surface area contributed by atoms with Crippen molar-refractivity contribution in [2.45, 2.75) is 200 Å². The summed E-state index contributed by atoms with van der Waals surface area (Å²) in [5.41, 5.74) is 0. The van der Waals surface area contributed by atoms with Crippen LogP contribution < -0.4 is 0 Å². The summed E-state index contributed by atoms with van der Waals surface area (Å²) < 4.78 is 16.6. The molecule has 0 aromatic carbocycles. The molecule has 0 N–H and O–H groups in total. The molecule has 6 nitrogen and oxygen atoms in total. The van der Waals surface area contributed by atoms with E-state index in [0.29, 0.717) is 19.3 Å². The summed E-state index contributed by atoms with van der Waals surface area (Å²) in [6.07, 6.45) is 71.7. The highest BCUT2D eigenvalue weighted by Crippen LogP contribution is 2.12. The Bertz CT molecular complexity index is 1430. The van der Waals surface area contributed by atoms with Crippen molar-refractivity contribution in [2.24, 2.45) is 0 Å². The number of ether oxygens (including phenoxy) is 3. The molecule has 0 aromatic rings. The van der Waals surface area contributed by atoms with Gasteiger partial charge in [0.05, 0.1) is 0 Å². The van der Waals surface area contributed by atoms with Crippen LogP contribution >= 0.6 is 0 Å². The highest BCUT2D eigenvalue weighted by molar-refractivity contribution is 5.71. The molecule has 1 unspecified atom stereocenters. The van der Waals surface area contributed by atoms with Crippen molar-refractivity contribution in [3.05, 3.63) is 134 Å². The molecule has 1 atom stereocenters. The van der Waals surface area contributed by atoms with E-state index >= 15 is 0 Å². The molecule has 0 amide bonds. The first-order valence-electron chi connectivity index (χ1n) is 25.2. The second-order valence-electron chi connectivity index (χ2n) is 16.0. The van der Waals surface area contributed by atoms with Crippen molar-refractivity contribution in [3.8, 4) is 0 Å². The molecule has 358 valence electrons. The summed E-state index contributed by atoms with van der Waals surface area (Å²) in [5.74, 6) is -1.09. The van der Waals surface area contributed by atoms with Gasteiger partial charge in [0.1, 0.15) is 13.2 Å². The number of carbonyl (C=O) groups excluding carboxylic acids is 3. The number of rotatable bonds is 43. The van der Waals surface area contributed by atoms with Gasteiger partial charge in [-0.3, -0.25) is 14.4 Å². The molecule has 0 aliphatic heterocycles. The molecule has 0 bridgehead atoms. The lowest BCUT2D eigenvalue weighted by Crippen LogP contribution is -2.30. The summed E-state index contributed by atoms with van der Waals surface area (Å²) in [5, 5.41) is 0. The SMILES string of the molecule is CC/C=C\C/C=C\C/C=C\C/C=C\C/C=C\C/C=C\CCC(=O)OCC(COC(=O)CCCCCCCCCCCC)OC(=O)CCC/C=C\C/C=C\C/C=C\C/C=C\C/C=C\CC. The maximum atomic E-state index is 12.8. The molecule has 6 heteroatoms. The van der Waals surface area contributed by atoms with Crippen LogP contribution in [0.15, 0.2) is 134 Å². The second-order valence-corrected chi connectivity index (χ2v) is 16.0. The summed E-state index contributed by atoms with van der Waals surface area (Å²) in [7, 11) is 0. The van der Waals surface area contributed by atoms with Gasteiger partial charge in [-0.15, -0.1) is 0 Å². The molecular weight excluding hydrogens is 793 g/mol. The second kappa shape index (κ2) is 51.2. The van der Waals surface area contributed by atoms with Crippen molar-refractivity contribution >= 4 is 17.9 Å². The molecule has 0 saturated carbocycles. The van der Waals surface area contributed by atoms with Gasteiger partial charge in [0.2, 0.25) is 0 Å².